The second-order valence-corrected chi connectivity index (χ2v) is 3.46. The highest BCUT2D eigenvalue weighted by molar-refractivity contribution is 7.80. The van der Waals surface area contributed by atoms with Crippen LogP contribution in [0.15, 0.2) is 0 Å². The summed E-state index contributed by atoms with van der Waals surface area (Å²) in [7, 11) is 0. The number of carboxylic acids is 1. The summed E-state index contributed by atoms with van der Waals surface area (Å²) in [4.78, 5) is 12.5. The third kappa shape index (κ3) is 2.53. The highest BCUT2D eigenvalue weighted by Gasteiger charge is 2.26. The molecule has 0 radical (unpaired) electrons. The van der Waals surface area contributed by atoms with Crippen LogP contribution in [-0.4, -0.2) is 34.2 Å². The van der Waals surface area contributed by atoms with Crippen LogP contribution in [-0.2, 0) is 4.79 Å². The molecule has 0 spiro atoms. The van der Waals surface area contributed by atoms with E-state index in [-0.39, 0.29) is 5.92 Å². The van der Waals surface area contributed by atoms with Gasteiger partial charge in [-0.15, -0.1) is 0 Å². The average Bonchev–Trinajstić information content (AvgIpc) is 2.17. The van der Waals surface area contributed by atoms with Crippen LogP contribution >= 0.6 is 12.2 Å². The first-order chi connectivity index (χ1) is 6.15. The fraction of sp³-hybridized carbons (Fsp3) is 0.714. The Morgan fingerprint density at radius 2 is 2.38 bits per heavy atom. The minimum absolute atomic E-state index is 0.319. The molecule has 0 aromatic carbocycles. The summed E-state index contributed by atoms with van der Waals surface area (Å²) < 4.78 is 0. The lowest BCUT2D eigenvalue weighted by molar-refractivity contribution is -0.143. The Kier molecular flexibility index (Phi) is 3.44. The summed E-state index contributed by atoms with van der Waals surface area (Å²) in [6.07, 6.45) is 1.57. The molecule has 0 amide bonds. The lowest BCUT2D eigenvalue weighted by atomic mass is 9.99. The maximum Gasteiger partial charge on any atom is 0.308 e. The molecule has 0 saturated carbocycles. The van der Waals surface area contributed by atoms with E-state index in [1.54, 1.807) is 4.90 Å². The van der Waals surface area contributed by atoms with Gasteiger partial charge in [-0.05, 0) is 25.1 Å². The van der Waals surface area contributed by atoms with E-state index in [1.165, 1.54) is 0 Å². The molecule has 5 nitrogen and oxygen atoms in total. The van der Waals surface area contributed by atoms with Crippen LogP contribution < -0.4 is 11.3 Å². The van der Waals surface area contributed by atoms with Gasteiger partial charge >= 0.3 is 5.97 Å². The maximum atomic E-state index is 10.7. The maximum absolute atomic E-state index is 10.7. The third-order valence-electron chi connectivity index (χ3n) is 2.18. The highest BCUT2D eigenvalue weighted by atomic mass is 32.1. The highest BCUT2D eigenvalue weighted by Crippen LogP contribution is 2.16. The second-order valence-electron chi connectivity index (χ2n) is 3.07. The molecule has 4 N–H and O–H groups in total. The van der Waals surface area contributed by atoms with E-state index in [9.17, 15) is 4.79 Å². The molecule has 1 rings (SSSR count). The summed E-state index contributed by atoms with van der Waals surface area (Å²) in [6.45, 7) is 1.24. The molecule has 0 aliphatic carbocycles. The van der Waals surface area contributed by atoms with Gasteiger partial charge in [0, 0.05) is 13.1 Å². The largest absolute Gasteiger partial charge is 0.481 e. The summed E-state index contributed by atoms with van der Waals surface area (Å²) in [6, 6.07) is 0. The number of hydrazine groups is 1. The third-order valence-corrected chi connectivity index (χ3v) is 2.56. The Balaban J connectivity index is 2.51. The number of hydrogen-bond acceptors (Lipinski definition) is 3. The standard InChI is InChI=1S/C7H13N3O2S/c8-9-7(13)10-3-1-2-5(4-10)6(11)12/h5H,1-4,8H2,(H,9,13)(H,11,12). The number of aliphatic carboxylic acids is 1. The number of nitrogens with zero attached hydrogens (tertiary/aromatic N) is 1. The first kappa shape index (κ1) is 10.2. The minimum Gasteiger partial charge on any atom is -0.481 e. The van der Waals surface area contributed by atoms with Crippen molar-refractivity contribution in [3.05, 3.63) is 0 Å². The molecule has 74 valence electrons. The van der Waals surface area contributed by atoms with E-state index in [1.807, 2.05) is 0 Å². The van der Waals surface area contributed by atoms with E-state index in [0.29, 0.717) is 11.7 Å². The number of carboxylic acid groups (broad SMARTS) is 1. The van der Waals surface area contributed by atoms with Gasteiger partial charge in [-0.2, -0.15) is 0 Å². The van der Waals surface area contributed by atoms with Crippen LogP contribution in [0.25, 0.3) is 0 Å². The number of nitrogens with two attached hydrogens (primary N) is 1. The molecule has 6 heteroatoms. The molecule has 0 aromatic heterocycles. The van der Waals surface area contributed by atoms with Crippen molar-refractivity contribution in [3.8, 4) is 0 Å². The number of rotatable bonds is 1. The Bertz CT molecular complexity index is 222. The van der Waals surface area contributed by atoms with Crippen molar-refractivity contribution < 1.29 is 9.90 Å². The number of piperidine rings is 1. The van der Waals surface area contributed by atoms with E-state index in [4.69, 9.17) is 23.2 Å². The van der Waals surface area contributed by atoms with Crippen LogP contribution in [0.4, 0.5) is 0 Å². The fourth-order valence-electron chi connectivity index (χ4n) is 1.45. The molecule has 1 saturated heterocycles. The first-order valence-electron chi connectivity index (χ1n) is 4.13. The van der Waals surface area contributed by atoms with Gasteiger partial charge in [-0.3, -0.25) is 4.79 Å². The molecule has 1 atom stereocenters. The molecular formula is C7H13N3O2S. The quantitative estimate of drug-likeness (QED) is 0.304. The van der Waals surface area contributed by atoms with Gasteiger partial charge in [-0.25, -0.2) is 5.84 Å². The summed E-state index contributed by atoms with van der Waals surface area (Å²) in [5.74, 6) is 4.07. The Morgan fingerprint density at radius 1 is 1.69 bits per heavy atom. The first-order valence-corrected chi connectivity index (χ1v) is 4.54. The Morgan fingerprint density at radius 3 is 2.92 bits per heavy atom. The molecule has 13 heavy (non-hydrogen) atoms. The number of carbonyl (C=O) groups is 1. The van der Waals surface area contributed by atoms with E-state index < -0.39 is 5.97 Å². The van der Waals surface area contributed by atoms with Gasteiger partial charge in [0.25, 0.3) is 0 Å². The van der Waals surface area contributed by atoms with Gasteiger partial charge < -0.3 is 15.4 Å². The van der Waals surface area contributed by atoms with Gasteiger partial charge in [-0.1, -0.05) is 0 Å². The van der Waals surface area contributed by atoms with E-state index in [0.717, 1.165) is 19.4 Å². The smallest absolute Gasteiger partial charge is 0.308 e. The monoisotopic (exact) mass is 203 g/mol. The van der Waals surface area contributed by atoms with Crippen molar-refractivity contribution in [3.63, 3.8) is 0 Å². The molecule has 1 fully saturated rings. The van der Waals surface area contributed by atoms with Gasteiger partial charge in [0.1, 0.15) is 0 Å². The number of thiocarbonyl (C=S) groups is 1. The van der Waals surface area contributed by atoms with Gasteiger partial charge in [0.15, 0.2) is 5.11 Å². The average molecular weight is 203 g/mol. The molecule has 1 aliphatic rings. The molecular weight excluding hydrogens is 190 g/mol. The Hall–Kier alpha value is -0.880. The van der Waals surface area contributed by atoms with Gasteiger partial charge in [0.05, 0.1) is 5.92 Å². The summed E-state index contributed by atoms with van der Waals surface area (Å²) in [5.41, 5.74) is 2.36. The van der Waals surface area contributed by atoms with E-state index >= 15 is 0 Å². The number of nitrogens with one attached hydrogen (secondary N) is 1. The van der Waals surface area contributed by atoms with Crippen molar-refractivity contribution in [1.29, 1.82) is 0 Å². The molecule has 0 bridgehead atoms. The summed E-state index contributed by atoms with van der Waals surface area (Å²) >= 11 is 4.91. The molecule has 1 unspecified atom stereocenters. The van der Waals surface area contributed by atoms with E-state index in [2.05, 4.69) is 5.43 Å². The van der Waals surface area contributed by atoms with Crippen LogP contribution in [0.3, 0.4) is 0 Å². The Labute approximate surface area is 81.9 Å². The molecule has 1 aliphatic heterocycles. The predicted octanol–water partition coefficient (Wildman–Crippen LogP) is -0.469. The number of likely N-dealkylation sites (tertiary alicyclic amines) is 1. The van der Waals surface area contributed by atoms with Crippen molar-refractivity contribution in [2.24, 2.45) is 11.8 Å². The predicted molar refractivity (Wildman–Crippen MR) is 51.9 cm³/mol. The van der Waals surface area contributed by atoms with Crippen LogP contribution in [0.5, 0.6) is 0 Å². The van der Waals surface area contributed by atoms with Gasteiger partial charge in [0.2, 0.25) is 0 Å². The molecule has 0 aromatic rings. The van der Waals surface area contributed by atoms with Crippen LogP contribution in [0.2, 0.25) is 0 Å². The van der Waals surface area contributed by atoms with Crippen LogP contribution in [0.1, 0.15) is 12.8 Å². The zero-order valence-corrected chi connectivity index (χ0v) is 8.01. The molecule has 1 heterocycles. The minimum atomic E-state index is -0.760. The zero-order valence-electron chi connectivity index (χ0n) is 7.19. The van der Waals surface area contributed by atoms with Crippen molar-refractivity contribution in [2.75, 3.05) is 13.1 Å². The van der Waals surface area contributed by atoms with Crippen molar-refractivity contribution in [2.45, 2.75) is 12.8 Å². The lowest BCUT2D eigenvalue weighted by Gasteiger charge is -2.31. The summed E-state index contributed by atoms with van der Waals surface area (Å²) in [5, 5.41) is 9.21. The number of hydrogen-bond donors (Lipinski definition) is 3. The topological polar surface area (TPSA) is 78.6 Å². The fourth-order valence-corrected chi connectivity index (χ4v) is 1.62. The zero-order chi connectivity index (χ0) is 9.84. The van der Waals surface area contributed by atoms with Crippen molar-refractivity contribution in [1.82, 2.24) is 10.3 Å². The normalized spacial score (nSPS) is 22.5. The van der Waals surface area contributed by atoms with Crippen LogP contribution in [0, 0.1) is 5.92 Å². The SMILES string of the molecule is NNC(=S)N1CCCC(C(=O)O)C1. The lowest BCUT2D eigenvalue weighted by Crippen LogP contribution is -2.48. The van der Waals surface area contributed by atoms with Crippen molar-refractivity contribution >= 4 is 23.3 Å². The second kappa shape index (κ2) is 4.38.